The van der Waals surface area contributed by atoms with E-state index in [0.717, 1.165) is 19.0 Å². The number of likely N-dealkylation sites (tertiary alicyclic amines) is 1. The highest BCUT2D eigenvalue weighted by atomic mass is 15.2. The van der Waals surface area contributed by atoms with Gasteiger partial charge in [-0.2, -0.15) is 0 Å². The van der Waals surface area contributed by atoms with Crippen LogP contribution in [0.5, 0.6) is 0 Å². The van der Waals surface area contributed by atoms with E-state index >= 15 is 0 Å². The summed E-state index contributed by atoms with van der Waals surface area (Å²) in [6.45, 7) is 5.83. The number of nitrogens with one attached hydrogen (secondary N) is 1. The van der Waals surface area contributed by atoms with Crippen molar-refractivity contribution >= 4 is 0 Å². The first-order chi connectivity index (χ1) is 9.24. The van der Waals surface area contributed by atoms with Crippen molar-refractivity contribution in [2.45, 2.75) is 19.0 Å². The lowest BCUT2D eigenvalue weighted by Crippen LogP contribution is -2.40. The van der Waals surface area contributed by atoms with Crippen molar-refractivity contribution in [1.29, 1.82) is 0 Å². The predicted octanol–water partition coefficient (Wildman–Crippen LogP) is 1.71. The second-order valence-electron chi connectivity index (χ2n) is 6.20. The first kappa shape index (κ1) is 13.1. The summed E-state index contributed by atoms with van der Waals surface area (Å²) in [4.78, 5) is 5.00. The van der Waals surface area contributed by atoms with Gasteiger partial charge in [-0.25, -0.2) is 0 Å². The molecule has 0 aliphatic carbocycles. The van der Waals surface area contributed by atoms with Crippen LogP contribution in [0.2, 0.25) is 0 Å². The molecule has 1 aromatic carbocycles. The Morgan fingerprint density at radius 2 is 2.21 bits per heavy atom. The highest BCUT2D eigenvalue weighted by molar-refractivity contribution is 5.32. The maximum atomic E-state index is 3.55. The van der Waals surface area contributed by atoms with Crippen molar-refractivity contribution in [3.05, 3.63) is 35.4 Å². The summed E-state index contributed by atoms with van der Waals surface area (Å²) in [6, 6.07) is 9.42. The van der Waals surface area contributed by atoms with Crippen molar-refractivity contribution in [2.24, 2.45) is 5.92 Å². The number of fused-ring (bicyclic) bond motifs is 1. The lowest BCUT2D eigenvalue weighted by atomic mass is 9.95. The normalized spacial score (nSPS) is 27.7. The summed E-state index contributed by atoms with van der Waals surface area (Å²) >= 11 is 0. The predicted molar refractivity (Wildman–Crippen MR) is 79.1 cm³/mol. The van der Waals surface area contributed by atoms with Gasteiger partial charge in [0.25, 0.3) is 0 Å². The van der Waals surface area contributed by atoms with Gasteiger partial charge in [-0.3, -0.25) is 4.90 Å². The summed E-state index contributed by atoms with van der Waals surface area (Å²) in [6.07, 6.45) is 1.35. The minimum absolute atomic E-state index is 0.538. The molecule has 2 aliphatic heterocycles. The maximum absolute atomic E-state index is 3.55. The van der Waals surface area contributed by atoms with Crippen LogP contribution < -0.4 is 5.32 Å². The Bertz CT molecular complexity index is 432. The van der Waals surface area contributed by atoms with Crippen LogP contribution in [0, 0.1) is 5.92 Å². The van der Waals surface area contributed by atoms with Gasteiger partial charge in [-0.15, -0.1) is 0 Å². The van der Waals surface area contributed by atoms with Crippen LogP contribution in [-0.2, 0) is 6.54 Å². The van der Waals surface area contributed by atoms with Crippen LogP contribution in [0.15, 0.2) is 24.3 Å². The number of hydrogen-bond donors (Lipinski definition) is 1. The Morgan fingerprint density at radius 1 is 1.37 bits per heavy atom. The van der Waals surface area contributed by atoms with Gasteiger partial charge in [0.1, 0.15) is 0 Å². The van der Waals surface area contributed by atoms with Crippen molar-refractivity contribution < 1.29 is 0 Å². The van der Waals surface area contributed by atoms with Crippen LogP contribution >= 0.6 is 0 Å². The van der Waals surface area contributed by atoms with E-state index in [0.29, 0.717) is 6.04 Å². The molecule has 2 unspecified atom stereocenters. The molecule has 1 saturated heterocycles. The second-order valence-corrected chi connectivity index (χ2v) is 6.20. The van der Waals surface area contributed by atoms with E-state index in [1.165, 1.54) is 37.2 Å². The molecule has 0 aromatic heterocycles. The zero-order valence-corrected chi connectivity index (χ0v) is 12.1. The fourth-order valence-electron chi connectivity index (χ4n) is 3.58. The number of benzene rings is 1. The summed E-state index contributed by atoms with van der Waals surface area (Å²) < 4.78 is 0. The molecule has 0 spiro atoms. The third-order valence-electron chi connectivity index (χ3n) is 4.63. The standard InChI is InChI=1S/C16H25N3/c1-18-8-7-13(11-18)12-19(2)16-10-17-9-14-5-3-4-6-15(14)16/h3-6,13,16-17H,7-12H2,1-2H3. The number of likely N-dealkylation sites (N-methyl/N-ethyl adjacent to an activating group) is 1. The molecule has 19 heavy (non-hydrogen) atoms. The summed E-state index contributed by atoms with van der Waals surface area (Å²) in [5.41, 5.74) is 2.99. The molecule has 2 aliphatic rings. The van der Waals surface area contributed by atoms with E-state index in [1.54, 1.807) is 0 Å². The average molecular weight is 259 g/mol. The molecule has 1 N–H and O–H groups in total. The molecule has 0 radical (unpaired) electrons. The van der Waals surface area contributed by atoms with Gasteiger partial charge in [0, 0.05) is 32.2 Å². The van der Waals surface area contributed by atoms with Crippen molar-refractivity contribution in [2.75, 3.05) is 40.3 Å². The maximum Gasteiger partial charge on any atom is 0.0473 e. The number of rotatable bonds is 3. The molecular weight excluding hydrogens is 234 g/mol. The van der Waals surface area contributed by atoms with E-state index in [4.69, 9.17) is 0 Å². The van der Waals surface area contributed by atoms with Crippen LogP contribution in [-0.4, -0.2) is 50.1 Å². The van der Waals surface area contributed by atoms with Gasteiger partial charge in [0.15, 0.2) is 0 Å². The largest absolute Gasteiger partial charge is 0.311 e. The summed E-state index contributed by atoms with van der Waals surface area (Å²) in [7, 11) is 4.52. The van der Waals surface area contributed by atoms with E-state index in [1.807, 2.05) is 0 Å². The minimum Gasteiger partial charge on any atom is -0.311 e. The Hall–Kier alpha value is -0.900. The van der Waals surface area contributed by atoms with Gasteiger partial charge >= 0.3 is 0 Å². The Kier molecular flexibility index (Phi) is 3.87. The fourth-order valence-corrected chi connectivity index (χ4v) is 3.58. The molecule has 0 amide bonds. The minimum atomic E-state index is 0.538. The molecule has 3 rings (SSSR count). The highest BCUT2D eigenvalue weighted by Crippen LogP contribution is 2.27. The first-order valence-corrected chi connectivity index (χ1v) is 7.41. The summed E-state index contributed by atoms with van der Waals surface area (Å²) in [5.74, 6) is 0.837. The van der Waals surface area contributed by atoms with Gasteiger partial charge in [0.05, 0.1) is 0 Å². The van der Waals surface area contributed by atoms with Gasteiger partial charge < -0.3 is 10.2 Å². The Labute approximate surface area is 116 Å². The highest BCUT2D eigenvalue weighted by Gasteiger charge is 2.27. The topological polar surface area (TPSA) is 18.5 Å². The third kappa shape index (κ3) is 2.83. The molecule has 1 aromatic rings. The van der Waals surface area contributed by atoms with E-state index in [-0.39, 0.29) is 0 Å². The molecule has 3 heteroatoms. The summed E-state index contributed by atoms with van der Waals surface area (Å²) in [5, 5.41) is 3.55. The smallest absolute Gasteiger partial charge is 0.0473 e. The molecule has 0 saturated carbocycles. The van der Waals surface area contributed by atoms with Crippen LogP contribution in [0.1, 0.15) is 23.6 Å². The monoisotopic (exact) mass is 259 g/mol. The zero-order chi connectivity index (χ0) is 13.2. The third-order valence-corrected chi connectivity index (χ3v) is 4.63. The molecule has 2 atom stereocenters. The van der Waals surface area contributed by atoms with Crippen LogP contribution in [0.3, 0.4) is 0 Å². The van der Waals surface area contributed by atoms with Crippen molar-refractivity contribution in [1.82, 2.24) is 15.1 Å². The number of hydrogen-bond acceptors (Lipinski definition) is 3. The van der Waals surface area contributed by atoms with Crippen molar-refractivity contribution in [3.8, 4) is 0 Å². The van der Waals surface area contributed by atoms with E-state index in [9.17, 15) is 0 Å². The SMILES string of the molecule is CN1CCC(CN(C)C2CNCc3ccccc32)C1. The molecule has 0 bridgehead atoms. The molecule has 104 valence electrons. The quantitative estimate of drug-likeness (QED) is 0.891. The van der Waals surface area contributed by atoms with Crippen LogP contribution in [0.25, 0.3) is 0 Å². The molecular formula is C16H25N3. The van der Waals surface area contributed by atoms with E-state index in [2.05, 4.69) is 53.5 Å². The second kappa shape index (κ2) is 5.61. The van der Waals surface area contributed by atoms with Gasteiger partial charge in [-0.05, 0) is 44.1 Å². The van der Waals surface area contributed by atoms with Crippen LogP contribution in [0.4, 0.5) is 0 Å². The zero-order valence-electron chi connectivity index (χ0n) is 12.1. The first-order valence-electron chi connectivity index (χ1n) is 7.41. The van der Waals surface area contributed by atoms with Crippen molar-refractivity contribution in [3.63, 3.8) is 0 Å². The van der Waals surface area contributed by atoms with Gasteiger partial charge in [0.2, 0.25) is 0 Å². The van der Waals surface area contributed by atoms with E-state index < -0.39 is 0 Å². The number of nitrogens with zero attached hydrogens (tertiary/aromatic N) is 2. The molecule has 1 fully saturated rings. The lowest BCUT2D eigenvalue weighted by molar-refractivity contribution is 0.195. The average Bonchev–Trinajstić information content (AvgIpc) is 2.83. The lowest BCUT2D eigenvalue weighted by Gasteiger charge is -2.35. The molecule has 3 nitrogen and oxygen atoms in total. The fraction of sp³-hybridized carbons (Fsp3) is 0.625. The Balaban J connectivity index is 1.69. The molecule has 2 heterocycles. The Morgan fingerprint density at radius 3 is 3.00 bits per heavy atom. The van der Waals surface area contributed by atoms with Gasteiger partial charge in [-0.1, -0.05) is 24.3 Å².